The van der Waals surface area contributed by atoms with Gasteiger partial charge in [-0.3, -0.25) is 0 Å². The van der Waals surface area contributed by atoms with E-state index < -0.39 is 6.10 Å². The quantitative estimate of drug-likeness (QED) is 0.908. The molecule has 1 unspecified atom stereocenters. The zero-order valence-electron chi connectivity index (χ0n) is 12.3. The van der Waals surface area contributed by atoms with Crippen LogP contribution < -0.4 is 14.8 Å². The molecule has 1 atom stereocenters. The SMILES string of the molecule is OC(CNC1Cc2ccccc2C1)c1ccc2c(c1)OCO2. The molecule has 4 heteroatoms. The van der Waals surface area contributed by atoms with E-state index in [2.05, 4.69) is 29.6 Å². The van der Waals surface area contributed by atoms with E-state index in [9.17, 15) is 5.11 Å². The monoisotopic (exact) mass is 297 g/mol. The van der Waals surface area contributed by atoms with Crippen LogP contribution in [0.3, 0.4) is 0 Å². The molecular weight excluding hydrogens is 278 g/mol. The maximum absolute atomic E-state index is 10.4. The van der Waals surface area contributed by atoms with Gasteiger partial charge in [0.2, 0.25) is 6.79 Å². The second-order valence-corrected chi connectivity index (χ2v) is 5.91. The minimum atomic E-state index is -0.543. The van der Waals surface area contributed by atoms with Crippen LogP contribution in [0, 0.1) is 0 Å². The summed E-state index contributed by atoms with van der Waals surface area (Å²) in [5.41, 5.74) is 3.68. The summed E-state index contributed by atoms with van der Waals surface area (Å²) in [5.74, 6) is 1.46. The van der Waals surface area contributed by atoms with Gasteiger partial charge in [0, 0.05) is 12.6 Å². The van der Waals surface area contributed by atoms with E-state index in [1.807, 2.05) is 18.2 Å². The summed E-state index contributed by atoms with van der Waals surface area (Å²) in [4.78, 5) is 0. The lowest BCUT2D eigenvalue weighted by atomic mass is 10.1. The van der Waals surface area contributed by atoms with Crippen LogP contribution in [0.4, 0.5) is 0 Å². The van der Waals surface area contributed by atoms with Crippen molar-refractivity contribution in [2.45, 2.75) is 25.0 Å². The van der Waals surface area contributed by atoms with Gasteiger partial charge in [-0.05, 0) is 41.7 Å². The van der Waals surface area contributed by atoms with Crippen molar-refractivity contribution in [2.75, 3.05) is 13.3 Å². The fourth-order valence-corrected chi connectivity index (χ4v) is 3.22. The third-order valence-electron chi connectivity index (χ3n) is 4.43. The van der Waals surface area contributed by atoms with Gasteiger partial charge in [0.15, 0.2) is 11.5 Å². The van der Waals surface area contributed by atoms with Gasteiger partial charge in [0.1, 0.15) is 0 Å². The molecule has 1 aliphatic carbocycles. The van der Waals surface area contributed by atoms with E-state index >= 15 is 0 Å². The second-order valence-electron chi connectivity index (χ2n) is 5.91. The Kier molecular flexibility index (Phi) is 3.48. The third-order valence-corrected chi connectivity index (χ3v) is 4.43. The first-order valence-electron chi connectivity index (χ1n) is 7.67. The maximum atomic E-state index is 10.4. The third kappa shape index (κ3) is 2.56. The van der Waals surface area contributed by atoms with Crippen LogP contribution in [0.5, 0.6) is 11.5 Å². The summed E-state index contributed by atoms with van der Waals surface area (Å²) in [6.07, 6.45) is 1.52. The molecule has 1 heterocycles. The summed E-state index contributed by atoms with van der Waals surface area (Å²) >= 11 is 0. The summed E-state index contributed by atoms with van der Waals surface area (Å²) < 4.78 is 10.6. The Morgan fingerprint density at radius 2 is 1.77 bits per heavy atom. The Morgan fingerprint density at radius 1 is 1.05 bits per heavy atom. The predicted molar refractivity (Wildman–Crippen MR) is 83.2 cm³/mol. The minimum absolute atomic E-state index is 0.257. The van der Waals surface area contributed by atoms with Crippen molar-refractivity contribution in [3.63, 3.8) is 0 Å². The van der Waals surface area contributed by atoms with Gasteiger partial charge < -0.3 is 19.9 Å². The molecule has 2 aromatic rings. The highest BCUT2D eigenvalue weighted by atomic mass is 16.7. The van der Waals surface area contributed by atoms with Crippen molar-refractivity contribution in [1.29, 1.82) is 0 Å². The van der Waals surface area contributed by atoms with Gasteiger partial charge in [-0.25, -0.2) is 0 Å². The average Bonchev–Trinajstić information content (AvgIpc) is 3.17. The molecule has 2 aromatic carbocycles. The molecule has 114 valence electrons. The highest BCUT2D eigenvalue weighted by Crippen LogP contribution is 2.34. The van der Waals surface area contributed by atoms with Crippen molar-refractivity contribution in [2.24, 2.45) is 0 Å². The molecule has 0 saturated heterocycles. The second kappa shape index (κ2) is 5.63. The Bertz CT molecular complexity index is 661. The molecule has 0 saturated carbocycles. The van der Waals surface area contributed by atoms with Crippen molar-refractivity contribution >= 4 is 0 Å². The number of nitrogens with one attached hydrogen (secondary N) is 1. The fourth-order valence-electron chi connectivity index (χ4n) is 3.22. The first-order chi connectivity index (χ1) is 10.8. The Hall–Kier alpha value is -2.04. The highest BCUT2D eigenvalue weighted by molar-refractivity contribution is 5.45. The van der Waals surface area contributed by atoms with Crippen LogP contribution in [0.25, 0.3) is 0 Å². The number of fused-ring (bicyclic) bond motifs is 2. The van der Waals surface area contributed by atoms with Crippen molar-refractivity contribution in [3.8, 4) is 11.5 Å². The Morgan fingerprint density at radius 3 is 2.55 bits per heavy atom. The summed E-state index contributed by atoms with van der Waals surface area (Å²) in [6, 6.07) is 14.6. The van der Waals surface area contributed by atoms with Gasteiger partial charge in [-0.2, -0.15) is 0 Å². The Labute approximate surface area is 129 Å². The van der Waals surface area contributed by atoms with Crippen LogP contribution in [0.1, 0.15) is 22.8 Å². The molecule has 0 radical (unpaired) electrons. The molecular formula is C18H19NO3. The number of aliphatic hydroxyl groups is 1. The molecule has 4 nitrogen and oxygen atoms in total. The molecule has 2 aliphatic rings. The van der Waals surface area contributed by atoms with Crippen molar-refractivity contribution in [1.82, 2.24) is 5.32 Å². The standard InChI is InChI=1S/C18H19NO3/c20-16(14-5-6-17-18(9-14)22-11-21-17)10-19-15-7-12-3-1-2-4-13(12)8-15/h1-6,9,15-16,19-20H,7-8,10-11H2. The fraction of sp³-hybridized carbons (Fsp3) is 0.333. The summed E-state index contributed by atoms with van der Waals surface area (Å²) in [7, 11) is 0. The number of hydrogen-bond acceptors (Lipinski definition) is 4. The van der Waals surface area contributed by atoms with E-state index in [1.165, 1.54) is 11.1 Å². The number of aliphatic hydroxyl groups excluding tert-OH is 1. The lowest BCUT2D eigenvalue weighted by Crippen LogP contribution is -2.33. The maximum Gasteiger partial charge on any atom is 0.231 e. The van der Waals surface area contributed by atoms with Crippen LogP contribution >= 0.6 is 0 Å². The van der Waals surface area contributed by atoms with E-state index in [0.717, 1.165) is 24.2 Å². The van der Waals surface area contributed by atoms with Gasteiger partial charge in [0.05, 0.1) is 6.10 Å². The molecule has 4 rings (SSSR count). The molecule has 22 heavy (non-hydrogen) atoms. The number of benzene rings is 2. The number of rotatable bonds is 4. The first kappa shape index (κ1) is 13.6. The molecule has 0 bridgehead atoms. The largest absolute Gasteiger partial charge is 0.454 e. The van der Waals surface area contributed by atoms with Gasteiger partial charge in [-0.1, -0.05) is 30.3 Å². The summed E-state index contributed by atoms with van der Waals surface area (Å²) in [6.45, 7) is 0.797. The molecule has 0 fully saturated rings. The van der Waals surface area contributed by atoms with Gasteiger partial charge in [0.25, 0.3) is 0 Å². The van der Waals surface area contributed by atoms with E-state index in [4.69, 9.17) is 9.47 Å². The topological polar surface area (TPSA) is 50.7 Å². The minimum Gasteiger partial charge on any atom is -0.454 e. The lowest BCUT2D eigenvalue weighted by Gasteiger charge is -2.16. The zero-order chi connectivity index (χ0) is 14.9. The lowest BCUT2D eigenvalue weighted by molar-refractivity contribution is 0.167. The highest BCUT2D eigenvalue weighted by Gasteiger charge is 2.22. The average molecular weight is 297 g/mol. The van der Waals surface area contributed by atoms with Gasteiger partial charge in [-0.15, -0.1) is 0 Å². The van der Waals surface area contributed by atoms with E-state index in [1.54, 1.807) is 0 Å². The Balaban J connectivity index is 1.36. The van der Waals surface area contributed by atoms with Crippen LogP contribution in [0.15, 0.2) is 42.5 Å². The number of hydrogen-bond donors (Lipinski definition) is 2. The smallest absolute Gasteiger partial charge is 0.231 e. The summed E-state index contributed by atoms with van der Waals surface area (Å²) in [5, 5.41) is 13.8. The van der Waals surface area contributed by atoms with Crippen LogP contribution in [-0.2, 0) is 12.8 Å². The predicted octanol–water partition coefficient (Wildman–Crippen LogP) is 2.21. The normalized spacial score (nSPS) is 17.5. The molecule has 0 spiro atoms. The zero-order valence-corrected chi connectivity index (χ0v) is 12.3. The van der Waals surface area contributed by atoms with E-state index in [-0.39, 0.29) is 6.79 Å². The van der Waals surface area contributed by atoms with Crippen LogP contribution in [-0.4, -0.2) is 24.5 Å². The first-order valence-corrected chi connectivity index (χ1v) is 7.67. The molecule has 0 aromatic heterocycles. The van der Waals surface area contributed by atoms with Crippen molar-refractivity contribution < 1.29 is 14.6 Å². The van der Waals surface area contributed by atoms with Gasteiger partial charge >= 0.3 is 0 Å². The number of ether oxygens (including phenoxy) is 2. The van der Waals surface area contributed by atoms with Crippen LogP contribution in [0.2, 0.25) is 0 Å². The van der Waals surface area contributed by atoms with E-state index in [0.29, 0.717) is 18.3 Å². The molecule has 0 amide bonds. The molecule has 1 aliphatic heterocycles. The van der Waals surface area contributed by atoms with Crippen molar-refractivity contribution in [3.05, 3.63) is 59.2 Å². The molecule has 2 N–H and O–H groups in total.